The molecule has 0 atom stereocenters. The fraction of sp³-hybridized carbons (Fsp3) is 0.333. The van der Waals surface area contributed by atoms with E-state index < -0.39 is 0 Å². The summed E-state index contributed by atoms with van der Waals surface area (Å²) in [5, 5.41) is 9.46. The molecular weight excluding hydrogens is 409 g/mol. The second kappa shape index (κ2) is 11.6. The number of carbonyl (C=O) groups is 1. The SMILES string of the molecule is Cc1nc(CSc2ccc(C(=O)NCC3=CCNCC3)cc2)cs1.Cl.Cl. The molecule has 2 N–H and O–H groups in total. The summed E-state index contributed by atoms with van der Waals surface area (Å²) < 4.78 is 0. The largest absolute Gasteiger partial charge is 0.348 e. The van der Waals surface area contributed by atoms with E-state index in [4.69, 9.17) is 0 Å². The Balaban J connectivity index is 0.00000169. The lowest BCUT2D eigenvalue weighted by atomic mass is 10.1. The van der Waals surface area contributed by atoms with Gasteiger partial charge in [-0.15, -0.1) is 47.9 Å². The summed E-state index contributed by atoms with van der Waals surface area (Å²) in [5.74, 6) is 0.846. The third-order valence-corrected chi connectivity index (χ3v) is 5.67. The second-order valence-corrected chi connectivity index (χ2v) is 7.78. The summed E-state index contributed by atoms with van der Waals surface area (Å²) in [4.78, 5) is 17.8. The van der Waals surface area contributed by atoms with Crippen LogP contribution in [0, 0.1) is 6.92 Å². The van der Waals surface area contributed by atoms with Gasteiger partial charge in [0.25, 0.3) is 5.91 Å². The van der Waals surface area contributed by atoms with Crippen LogP contribution in [0.5, 0.6) is 0 Å². The van der Waals surface area contributed by atoms with Crippen LogP contribution in [-0.2, 0) is 5.75 Å². The van der Waals surface area contributed by atoms with Crippen LogP contribution in [0.25, 0.3) is 0 Å². The Bertz CT molecular complexity index is 732. The van der Waals surface area contributed by atoms with Crippen LogP contribution in [0.3, 0.4) is 0 Å². The van der Waals surface area contributed by atoms with E-state index in [1.54, 1.807) is 23.1 Å². The van der Waals surface area contributed by atoms with Gasteiger partial charge in [-0.3, -0.25) is 4.79 Å². The first-order valence-corrected chi connectivity index (χ1v) is 9.88. The Labute approximate surface area is 175 Å². The lowest BCUT2D eigenvalue weighted by Crippen LogP contribution is -2.29. The maximum atomic E-state index is 12.2. The van der Waals surface area contributed by atoms with E-state index in [-0.39, 0.29) is 30.7 Å². The van der Waals surface area contributed by atoms with Gasteiger partial charge < -0.3 is 10.6 Å². The van der Waals surface area contributed by atoms with E-state index >= 15 is 0 Å². The van der Waals surface area contributed by atoms with Gasteiger partial charge in [0.2, 0.25) is 0 Å². The van der Waals surface area contributed by atoms with Crippen LogP contribution in [0.2, 0.25) is 0 Å². The van der Waals surface area contributed by atoms with Crippen LogP contribution in [0.15, 0.2) is 46.2 Å². The molecule has 3 rings (SSSR count). The Morgan fingerprint density at radius 3 is 2.69 bits per heavy atom. The molecule has 0 radical (unpaired) electrons. The zero-order chi connectivity index (χ0) is 16.8. The predicted molar refractivity (Wildman–Crippen MR) is 115 cm³/mol. The molecule has 2 aromatic rings. The average molecular weight is 432 g/mol. The Kier molecular flexibility index (Phi) is 10.3. The number of hydrogen-bond donors (Lipinski definition) is 2. The van der Waals surface area contributed by atoms with Crippen LogP contribution in [0.4, 0.5) is 0 Å². The van der Waals surface area contributed by atoms with E-state index in [0.29, 0.717) is 12.1 Å². The minimum atomic E-state index is -0.0129. The van der Waals surface area contributed by atoms with Crippen molar-refractivity contribution in [1.82, 2.24) is 15.6 Å². The Hall–Kier alpha value is -1.05. The lowest BCUT2D eigenvalue weighted by Gasteiger charge is -2.14. The van der Waals surface area contributed by atoms with E-state index in [1.165, 1.54) is 5.57 Å². The van der Waals surface area contributed by atoms with E-state index in [1.807, 2.05) is 31.2 Å². The summed E-state index contributed by atoms with van der Waals surface area (Å²) in [5.41, 5.74) is 3.12. The van der Waals surface area contributed by atoms with Crippen molar-refractivity contribution in [3.8, 4) is 0 Å². The molecule has 26 heavy (non-hydrogen) atoms. The monoisotopic (exact) mass is 431 g/mol. The molecular formula is C18H23Cl2N3OS2. The first-order valence-electron chi connectivity index (χ1n) is 8.01. The maximum absolute atomic E-state index is 12.2. The summed E-state index contributed by atoms with van der Waals surface area (Å²) in [6.45, 7) is 4.55. The Morgan fingerprint density at radius 1 is 1.31 bits per heavy atom. The maximum Gasteiger partial charge on any atom is 0.251 e. The van der Waals surface area contributed by atoms with Crippen LogP contribution >= 0.6 is 47.9 Å². The Morgan fingerprint density at radius 2 is 2.08 bits per heavy atom. The highest BCUT2D eigenvalue weighted by molar-refractivity contribution is 7.98. The average Bonchev–Trinajstić information content (AvgIpc) is 3.04. The molecule has 0 unspecified atom stereocenters. The van der Waals surface area contributed by atoms with E-state index in [2.05, 4.69) is 27.1 Å². The van der Waals surface area contributed by atoms with Gasteiger partial charge in [-0.1, -0.05) is 11.6 Å². The van der Waals surface area contributed by atoms with Crippen LogP contribution in [0.1, 0.15) is 27.5 Å². The molecule has 2 heterocycles. The van der Waals surface area contributed by atoms with Crippen molar-refractivity contribution in [2.45, 2.75) is 24.0 Å². The number of hydrogen-bond acceptors (Lipinski definition) is 5. The third kappa shape index (κ3) is 6.93. The first-order chi connectivity index (χ1) is 11.7. The van der Waals surface area contributed by atoms with E-state index in [9.17, 15) is 4.79 Å². The number of carbonyl (C=O) groups excluding carboxylic acids is 1. The van der Waals surface area contributed by atoms with Crippen LogP contribution < -0.4 is 10.6 Å². The molecule has 0 saturated carbocycles. The molecule has 0 fully saturated rings. The fourth-order valence-electron chi connectivity index (χ4n) is 2.46. The minimum absolute atomic E-state index is 0. The highest BCUT2D eigenvalue weighted by Crippen LogP contribution is 2.23. The highest BCUT2D eigenvalue weighted by atomic mass is 35.5. The third-order valence-electron chi connectivity index (χ3n) is 3.80. The summed E-state index contributed by atoms with van der Waals surface area (Å²) in [6.07, 6.45) is 3.16. The molecule has 0 aliphatic carbocycles. The zero-order valence-corrected chi connectivity index (χ0v) is 17.8. The zero-order valence-electron chi connectivity index (χ0n) is 14.5. The normalized spacial score (nSPS) is 13.2. The number of amides is 1. The molecule has 1 aliphatic heterocycles. The topological polar surface area (TPSA) is 54.0 Å². The number of rotatable bonds is 6. The summed E-state index contributed by atoms with van der Waals surface area (Å²) in [7, 11) is 0. The molecule has 1 amide bonds. The van der Waals surface area contributed by atoms with E-state index in [0.717, 1.165) is 40.9 Å². The van der Waals surface area contributed by atoms with Gasteiger partial charge in [0.05, 0.1) is 10.7 Å². The van der Waals surface area contributed by atoms with Crippen molar-refractivity contribution < 1.29 is 4.79 Å². The highest BCUT2D eigenvalue weighted by Gasteiger charge is 2.08. The number of thioether (sulfide) groups is 1. The van der Waals surface area contributed by atoms with Gasteiger partial charge >= 0.3 is 0 Å². The van der Waals surface area contributed by atoms with Gasteiger partial charge in [-0.05, 0) is 44.2 Å². The quantitative estimate of drug-likeness (QED) is 0.530. The first kappa shape index (κ1) is 23.0. The minimum Gasteiger partial charge on any atom is -0.348 e. The van der Waals surface area contributed by atoms with Gasteiger partial charge in [-0.25, -0.2) is 4.98 Å². The van der Waals surface area contributed by atoms with Crippen molar-refractivity contribution in [2.75, 3.05) is 19.6 Å². The van der Waals surface area contributed by atoms with Crippen molar-refractivity contribution >= 4 is 53.8 Å². The number of aromatic nitrogens is 1. The number of benzene rings is 1. The standard InChI is InChI=1S/C18H21N3OS2.2ClH/c1-13-21-16(11-23-13)12-24-17-4-2-15(3-5-17)18(22)20-10-14-6-8-19-9-7-14;;/h2-6,11,19H,7-10,12H2,1H3,(H,20,22);2*1H. The molecule has 1 aromatic carbocycles. The van der Waals surface area contributed by atoms with Gasteiger partial charge in [0.15, 0.2) is 0 Å². The van der Waals surface area contributed by atoms with Gasteiger partial charge in [-0.2, -0.15) is 0 Å². The molecule has 142 valence electrons. The molecule has 0 saturated heterocycles. The second-order valence-electron chi connectivity index (χ2n) is 5.67. The number of thiazole rings is 1. The summed E-state index contributed by atoms with van der Waals surface area (Å²) >= 11 is 3.42. The van der Waals surface area contributed by atoms with Crippen molar-refractivity contribution in [2.24, 2.45) is 0 Å². The fourth-order valence-corrected chi connectivity index (χ4v) is 3.97. The number of nitrogens with one attached hydrogen (secondary N) is 2. The molecule has 0 bridgehead atoms. The van der Waals surface area contributed by atoms with Crippen molar-refractivity contribution in [3.05, 3.63) is 57.6 Å². The summed E-state index contributed by atoms with van der Waals surface area (Å²) in [6, 6.07) is 7.78. The number of aryl methyl sites for hydroxylation is 1. The number of halogens is 2. The molecule has 4 nitrogen and oxygen atoms in total. The van der Waals surface area contributed by atoms with Gasteiger partial charge in [0, 0.05) is 34.7 Å². The van der Waals surface area contributed by atoms with Crippen molar-refractivity contribution in [1.29, 1.82) is 0 Å². The van der Waals surface area contributed by atoms with Crippen molar-refractivity contribution in [3.63, 3.8) is 0 Å². The predicted octanol–water partition coefficient (Wildman–Crippen LogP) is 4.24. The van der Waals surface area contributed by atoms with Gasteiger partial charge in [0.1, 0.15) is 0 Å². The molecule has 1 aromatic heterocycles. The smallest absolute Gasteiger partial charge is 0.251 e. The molecule has 1 aliphatic rings. The lowest BCUT2D eigenvalue weighted by molar-refractivity contribution is 0.0956. The number of nitrogens with zero attached hydrogens (tertiary/aromatic N) is 1. The molecule has 0 spiro atoms. The van der Waals surface area contributed by atoms with Crippen LogP contribution in [-0.4, -0.2) is 30.5 Å². The molecule has 8 heteroatoms.